The zero-order valence-electron chi connectivity index (χ0n) is 10.9. The van der Waals surface area contributed by atoms with Crippen molar-refractivity contribution in [2.75, 3.05) is 0 Å². The van der Waals surface area contributed by atoms with E-state index in [2.05, 4.69) is 15.4 Å². The van der Waals surface area contributed by atoms with Gasteiger partial charge in [0.25, 0.3) is 0 Å². The summed E-state index contributed by atoms with van der Waals surface area (Å²) in [7, 11) is 1.75. The number of hydrogen-bond donors (Lipinski definition) is 0. The second-order valence-corrected chi connectivity index (χ2v) is 4.41. The van der Waals surface area contributed by atoms with Crippen molar-refractivity contribution in [3.63, 3.8) is 0 Å². The van der Waals surface area contributed by atoms with E-state index in [9.17, 15) is 0 Å². The number of rotatable bonds is 4. The molecule has 0 spiro atoms. The quantitative estimate of drug-likeness (QED) is 0.593. The number of nitriles is 1. The van der Waals surface area contributed by atoms with Gasteiger partial charge in [-0.05, 0) is 27.7 Å². The van der Waals surface area contributed by atoms with E-state index < -0.39 is 0 Å². The van der Waals surface area contributed by atoms with E-state index >= 15 is 0 Å². The normalized spacial score (nSPS) is 11.4. The molecule has 6 heteroatoms. The third-order valence-electron chi connectivity index (χ3n) is 2.23. The van der Waals surface area contributed by atoms with Crippen LogP contribution in [0.5, 0.6) is 0 Å². The van der Waals surface area contributed by atoms with Gasteiger partial charge in [-0.1, -0.05) is 5.22 Å². The standard InChI is InChI=1S/C11H18N6/c1-8(2)17(9(3)4)15-13-11-10(6-12)7-16(5)14-11/h7-9H,1-5H3. The fourth-order valence-electron chi connectivity index (χ4n) is 1.53. The van der Waals surface area contributed by atoms with Crippen LogP contribution in [0.4, 0.5) is 5.82 Å². The lowest BCUT2D eigenvalue weighted by Crippen LogP contribution is -2.31. The average molecular weight is 234 g/mol. The Morgan fingerprint density at radius 3 is 2.41 bits per heavy atom. The molecule has 0 aliphatic carbocycles. The van der Waals surface area contributed by atoms with E-state index in [-0.39, 0.29) is 12.1 Å². The summed E-state index contributed by atoms with van der Waals surface area (Å²) < 4.78 is 1.56. The van der Waals surface area contributed by atoms with Crippen LogP contribution in [0.1, 0.15) is 33.3 Å². The summed E-state index contributed by atoms with van der Waals surface area (Å²) in [4.78, 5) is 0. The van der Waals surface area contributed by atoms with E-state index in [0.717, 1.165) is 0 Å². The van der Waals surface area contributed by atoms with Gasteiger partial charge in [-0.25, -0.2) is 0 Å². The SMILES string of the molecule is CC(C)N(N=Nc1nn(C)cc1C#N)C(C)C. The van der Waals surface area contributed by atoms with Crippen molar-refractivity contribution in [1.29, 1.82) is 5.26 Å². The highest BCUT2D eigenvalue weighted by Gasteiger charge is 2.12. The van der Waals surface area contributed by atoms with Crippen molar-refractivity contribution < 1.29 is 0 Å². The van der Waals surface area contributed by atoms with E-state index in [1.165, 1.54) is 0 Å². The molecule has 1 aromatic rings. The molecule has 0 radical (unpaired) electrons. The van der Waals surface area contributed by atoms with Crippen molar-refractivity contribution in [1.82, 2.24) is 14.8 Å². The van der Waals surface area contributed by atoms with Gasteiger partial charge in [-0.2, -0.15) is 5.26 Å². The molecule has 92 valence electrons. The number of aryl methyl sites for hydroxylation is 1. The smallest absolute Gasteiger partial charge is 0.215 e. The second-order valence-electron chi connectivity index (χ2n) is 4.41. The monoisotopic (exact) mass is 234 g/mol. The van der Waals surface area contributed by atoms with Crippen LogP contribution in [0.2, 0.25) is 0 Å². The molecule has 1 rings (SSSR count). The zero-order valence-corrected chi connectivity index (χ0v) is 10.9. The van der Waals surface area contributed by atoms with Crippen LogP contribution in [-0.4, -0.2) is 26.9 Å². The van der Waals surface area contributed by atoms with Crippen molar-refractivity contribution in [3.05, 3.63) is 11.8 Å². The molecule has 6 nitrogen and oxygen atoms in total. The molecular weight excluding hydrogens is 216 g/mol. The summed E-state index contributed by atoms with van der Waals surface area (Å²) in [6.45, 7) is 8.18. The lowest BCUT2D eigenvalue weighted by Gasteiger charge is -2.25. The molecule has 0 saturated heterocycles. The maximum Gasteiger partial charge on any atom is 0.215 e. The first kappa shape index (κ1) is 13.2. The van der Waals surface area contributed by atoms with Crippen molar-refractivity contribution in [2.45, 2.75) is 39.8 Å². The maximum atomic E-state index is 8.90. The molecule has 1 aromatic heterocycles. The third-order valence-corrected chi connectivity index (χ3v) is 2.23. The molecule has 0 unspecified atom stereocenters. The minimum atomic E-state index is 0.257. The van der Waals surface area contributed by atoms with Crippen molar-refractivity contribution in [2.24, 2.45) is 17.4 Å². The molecule has 0 aliphatic heterocycles. The Bertz CT molecular complexity index is 429. The topological polar surface area (TPSA) is 69.6 Å². The molecular formula is C11H18N6. The third kappa shape index (κ3) is 3.28. The highest BCUT2D eigenvalue weighted by Crippen LogP contribution is 2.17. The van der Waals surface area contributed by atoms with Crippen LogP contribution >= 0.6 is 0 Å². The number of hydrogen-bond acceptors (Lipinski definition) is 4. The molecule has 0 aliphatic rings. The largest absolute Gasteiger partial charge is 0.273 e. The first-order chi connectivity index (χ1) is 7.95. The summed E-state index contributed by atoms with van der Waals surface area (Å²) in [5.41, 5.74) is 0.434. The Hall–Kier alpha value is -1.90. The highest BCUT2D eigenvalue weighted by atomic mass is 15.6. The summed E-state index contributed by atoms with van der Waals surface area (Å²) in [6, 6.07) is 2.56. The van der Waals surface area contributed by atoms with Crippen molar-refractivity contribution >= 4 is 5.82 Å². The Labute approximate surface area is 102 Å². The lowest BCUT2D eigenvalue weighted by atomic mass is 10.3. The Balaban J connectivity index is 2.92. The van der Waals surface area contributed by atoms with Crippen LogP contribution in [0.25, 0.3) is 0 Å². The van der Waals surface area contributed by atoms with E-state index in [1.807, 2.05) is 38.8 Å². The van der Waals surface area contributed by atoms with E-state index in [1.54, 1.807) is 17.9 Å². The summed E-state index contributed by atoms with van der Waals surface area (Å²) >= 11 is 0. The fraction of sp³-hybridized carbons (Fsp3) is 0.636. The van der Waals surface area contributed by atoms with Gasteiger partial charge in [0.2, 0.25) is 5.82 Å². The van der Waals surface area contributed by atoms with Crippen LogP contribution in [0.15, 0.2) is 16.5 Å². The van der Waals surface area contributed by atoms with E-state index in [4.69, 9.17) is 5.26 Å². The Morgan fingerprint density at radius 2 is 1.94 bits per heavy atom. The molecule has 0 N–H and O–H groups in total. The van der Waals surface area contributed by atoms with Crippen LogP contribution < -0.4 is 0 Å². The first-order valence-electron chi connectivity index (χ1n) is 5.59. The van der Waals surface area contributed by atoms with Gasteiger partial charge in [0, 0.05) is 25.3 Å². The van der Waals surface area contributed by atoms with Gasteiger partial charge in [0.1, 0.15) is 11.6 Å². The van der Waals surface area contributed by atoms with Gasteiger partial charge < -0.3 is 0 Å². The highest BCUT2D eigenvalue weighted by molar-refractivity contribution is 5.45. The van der Waals surface area contributed by atoms with Crippen LogP contribution in [0.3, 0.4) is 0 Å². The molecule has 17 heavy (non-hydrogen) atoms. The van der Waals surface area contributed by atoms with E-state index in [0.29, 0.717) is 11.4 Å². The fourth-order valence-corrected chi connectivity index (χ4v) is 1.53. The molecule has 0 atom stereocenters. The molecule has 0 fully saturated rings. The van der Waals surface area contributed by atoms with Gasteiger partial charge >= 0.3 is 0 Å². The average Bonchev–Trinajstić information content (AvgIpc) is 2.58. The molecule has 0 bridgehead atoms. The Kier molecular flexibility index (Phi) is 4.21. The van der Waals surface area contributed by atoms with Gasteiger partial charge in [-0.15, -0.1) is 10.2 Å². The predicted molar refractivity (Wildman–Crippen MR) is 64.6 cm³/mol. The number of aromatic nitrogens is 2. The lowest BCUT2D eigenvalue weighted by molar-refractivity contribution is 0.169. The van der Waals surface area contributed by atoms with Gasteiger partial charge in [0.15, 0.2) is 0 Å². The van der Waals surface area contributed by atoms with Gasteiger partial charge in [-0.3, -0.25) is 9.69 Å². The van der Waals surface area contributed by atoms with Crippen molar-refractivity contribution in [3.8, 4) is 6.07 Å². The zero-order chi connectivity index (χ0) is 13.0. The molecule has 0 aromatic carbocycles. The minimum absolute atomic E-state index is 0.257. The number of nitrogens with zero attached hydrogens (tertiary/aromatic N) is 6. The first-order valence-corrected chi connectivity index (χ1v) is 5.59. The molecule has 0 saturated carbocycles. The molecule has 0 amide bonds. The van der Waals surface area contributed by atoms with Crippen LogP contribution in [-0.2, 0) is 7.05 Å². The maximum absolute atomic E-state index is 8.90. The minimum Gasteiger partial charge on any atom is -0.273 e. The summed E-state index contributed by atoms with van der Waals surface area (Å²) in [6.07, 6.45) is 1.63. The predicted octanol–water partition coefficient (Wildman–Crippen LogP) is 2.41. The second kappa shape index (κ2) is 5.43. The summed E-state index contributed by atoms with van der Waals surface area (Å²) in [5, 5.41) is 23.0. The Morgan fingerprint density at radius 1 is 1.35 bits per heavy atom. The summed E-state index contributed by atoms with van der Waals surface area (Å²) in [5.74, 6) is 0.362. The van der Waals surface area contributed by atoms with Crippen LogP contribution in [0, 0.1) is 11.3 Å². The molecule has 1 heterocycles. The van der Waals surface area contributed by atoms with Gasteiger partial charge in [0.05, 0.1) is 0 Å².